The third-order valence-corrected chi connectivity index (χ3v) is 6.17. The molecule has 0 radical (unpaired) electrons. The smallest absolute Gasteiger partial charge is 0.275 e. The number of aromatic hydroxyl groups is 1. The number of anilines is 1. The van der Waals surface area contributed by atoms with Crippen molar-refractivity contribution in [2.45, 2.75) is 50.6 Å². The van der Waals surface area contributed by atoms with E-state index in [1.807, 2.05) is 0 Å². The van der Waals surface area contributed by atoms with Gasteiger partial charge < -0.3 is 15.3 Å². The van der Waals surface area contributed by atoms with E-state index in [9.17, 15) is 14.7 Å². The van der Waals surface area contributed by atoms with Crippen LogP contribution in [0.5, 0.6) is 5.75 Å². The van der Waals surface area contributed by atoms with Crippen molar-refractivity contribution >= 4 is 11.6 Å². The predicted molar refractivity (Wildman–Crippen MR) is 107 cm³/mol. The highest BCUT2D eigenvalue weighted by atomic mass is 16.3. The fourth-order valence-electron chi connectivity index (χ4n) is 4.79. The van der Waals surface area contributed by atoms with Gasteiger partial charge in [-0.15, -0.1) is 0 Å². The van der Waals surface area contributed by atoms with Crippen LogP contribution in [-0.4, -0.2) is 39.9 Å². The summed E-state index contributed by atoms with van der Waals surface area (Å²) in [5, 5.41) is 16.8. The summed E-state index contributed by atoms with van der Waals surface area (Å²) in [7, 11) is 1.44. The van der Waals surface area contributed by atoms with Crippen LogP contribution in [0, 0.1) is 0 Å². The van der Waals surface area contributed by atoms with Crippen molar-refractivity contribution in [3.05, 3.63) is 51.9 Å². The van der Waals surface area contributed by atoms with Crippen molar-refractivity contribution < 1.29 is 9.90 Å². The van der Waals surface area contributed by atoms with Crippen molar-refractivity contribution in [3.8, 4) is 5.75 Å². The Bertz CT molecular complexity index is 962. The number of rotatable bonds is 4. The quantitative estimate of drug-likeness (QED) is 0.847. The average molecular weight is 382 g/mol. The second-order valence-electron chi connectivity index (χ2n) is 7.97. The molecule has 148 valence electrons. The summed E-state index contributed by atoms with van der Waals surface area (Å²) < 4.78 is 1.57. The summed E-state index contributed by atoms with van der Waals surface area (Å²) in [6, 6.07) is 8.51. The molecule has 0 spiro atoms. The number of para-hydroxylation sites is 1. The SMILES string of the molecule is CNC(=O)c1nn(CC2(N3CC(C)c4ccccc43)CCCC2)cc(O)c1=O. The van der Waals surface area contributed by atoms with Crippen molar-refractivity contribution in [2.24, 2.45) is 0 Å². The molecule has 7 heteroatoms. The van der Waals surface area contributed by atoms with E-state index in [2.05, 4.69) is 46.5 Å². The summed E-state index contributed by atoms with van der Waals surface area (Å²) in [5.41, 5.74) is 1.46. The van der Waals surface area contributed by atoms with Gasteiger partial charge in [-0.05, 0) is 24.5 Å². The molecule has 1 aliphatic heterocycles. The fraction of sp³-hybridized carbons (Fsp3) is 0.476. The molecule has 2 aromatic rings. The molecule has 1 saturated carbocycles. The van der Waals surface area contributed by atoms with Crippen LogP contribution in [0.1, 0.15) is 54.6 Å². The van der Waals surface area contributed by atoms with Gasteiger partial charge in [0, 0.05) is 25.2 Å². The Kier molecular flexibility index (Phi) is 4.61. The lowest BCUT2D eigenvalue weighted by molar-refractivity contribution is 0.0953. The number of hydrogen-bond donors (Lipinski definition) is 2. The Morgan fingerprint density at radius 1 is 1.32 bits per heavy atom. The number of nitrogens with one attached hydrogen (secondary N) is 1. The van der Waals surface area contributed by atoms with Gasteiger partial charge in [-0.1, -0.05) is 38.0 Å². The predicted octanol–water partition coefficient (Wildman–Crippen LogP) is 2.24. The van der Waals surface area contributed by atoms with Crippen molar-refractivity contribution in [2.75, 3.05) is 18.5 Å². The minimum absolute atomic E-state index is 0.144. The van der Waals surface area contributed by atoms with Crippen molar-refractivity contribution in [1.82, 2.24) is 15.1 Å². The maximum Gasteiger partial charge on any atom is 0.275 e. The molecule has 1 aromatic heterocycles. The van der Waals surface area contributed by atoms with Gasteiger partial charge in [-0.25, -0.2) is 0 Å². The topological polar surface area (TPSA) is 87.5 Å². The minimum atomic E-state index is -0.740. The third kappa shape index (κ3) is 2.95. The maximum atomic E-state index is 12.1. The highest BCUT2D eigenvalue weighted by molar-refractivity contribution is 5.92. The lowest BCUT2D eigenvalue weighted by Gasteiger charge is -2.41. The number of carbonyl (C=O) groups is 1. The second-order valence-corrected chi connectivity index (χ2v) is 7.97. The zero-order chi connectivity index (χ0) is 19.9. The van der Waals surface area contributed by atoms with Crippen molar-refractivity contribution in [3.63, 3.8) is 0 Å². The number of nitrogens with zero attached hydrogens (tertiary/aromatic N) is 3. The molecule has 28 heavy (non-hydrogen) atoms. The van der Waals surface area contributed by atoms with Crippen LogP contribution in [0.3, 0.4) is 0 Å². The van der Waals surface area contributed by atoms with E-state index in [4.69, 9.17) is 0 Å². The van der Waals surface area contributed by atoms with Crippen LogP contribution in [-0.2, 0) is 6.54 Å². The van der Waals surface area contributed by atoms with Gasteiger partial charge in [0.2, 0.25) is 0 Å². The first-order valence-corrected chi connectivity index (χ1v) is 9.84. The third-order valence-electron chi connectivity index (χ3n) is 6.17. The van der Waals surface area contributed by atoms with E-state index in [1.165, 1.54) is 24.5 Å². The second kappa shape index (κ2) is 6.96. The molecule has 1 aliphatic carbocycles. The molecule has 2 N–H and O–H groups in total. The molecular weight excluding hydrogens is 356 g/mol. The molecule has 1 aromatic carbocycles. The minimum Gasteiger partial charge on any atom is -0.503 e. The van der Waals surface area contributed by atoms with Crippen LogP contribution in [0.15, 0.2) is 35.3 Å². The van der Waals surface area contributed by atoms with Gasteiger partial charge in [0.1, 0.15) is 0 Å². The largest absolute Gasteiger partial charge is 0.503 e. The molecule has 1 unspecified atom stereocenters. The van der Waals surface area contributed by atoms with Crippen LogP contribution >= 0.6 is 0 Å². The monoisotopic (exact) mass is 382 g/mol. The first-order valence-electron chi connectivity index (χ1n) is 9.84. The first kappa shape index (κ1) is 18.5. The molecule has 0 saturated heterocycles. The number of fused-ring (bicyclic) bond motifs is 1. The van der Waals surface area contributed by atoms with Gasteiger partial charge in [0.25, 0.3) is 11.3 Å². The summed E-state index contributed by atoms with van der Waals surface area (Å²) in [4.78, 5) is 26.6. The Morgan fingerprint density at radius 2 is 2.04 bits per heavy atom. The highest BCUT2D eigenvalue weighted by Gasteiger charge is 2.44. The molecule has 7 nitrogen and oxygen atoms in total. The number of aromatic nitrogens is 2. The van der Waals surface area contributed by atoms with Gasteiger partial charge >= 0.3 is 0 Å². The Hall–Kier alpha value is -2.83. The molecule has 2 aliphatic rings. The number of hydrogen-bond acceptors (Lipinski definition) is 5. The fourth-order valence-corrected chi connectivity index (χ4v) is 4.79. The van der Waals surface area contributed by atoms with E-state index < -0.39 is 17.1 Å². The van der Waals surface area contributed by atoms with Crippen LogP contribution in [0.25, 0.3) is 0 Å². The van der Waals surface area contributed by atoms with Crippen molar-refractivity contribution in [1.29, 1.82) is 0 Å². The van der Waals surface area contributed by atoms with E-state index in [0.717, 1.165) is 32.2 Å². The summed E-state index contributed by atoms with van der Waals surface area (Å²) >= 11 is 0. The molecular formula is C21H26N4O3. The number of amides is 1. The summed E-state index contributed by atoms with van der Waals surface area (Å²) in [5.74, 6) is -0.585. The van der Waals surface area contributed by atoms with E-state index in [0.29, 0.717) is 12.5 Å². The molecule has 4 rings (SSSR count). The van der Waals surface area contributed by atoms with Gasteiger partial charge in [-0.3, -0.25) is 14.3 Å². The zero-order valence-electron chi connectivity index (χ0n) is 16.3. The van der Waals surface area contributed by atoms with E-state index in [1.54, 1.807) is 4.68 Å². The summed E-state index contributed by atoms with van der Waals surface area (Å²) in [6.45, 7) is 3.70. The standard InChI is InChI=1S/C21H26N4O3/c1-14-11-25(16-8-4-3-7-15(14)16)21(9-5-6-10-21)13-24-12-17(26)19(27)18(23-24)20(28)22-2/h3-4,7-8,12,14,26H,5-6,9-11,13H2,1-2H3,(H,22,28). The zero-order valence-corrected chi connectivity index (χ0v) is 16.3. The normalized spacial score (nSPS) is 20.2. The molecule has 1 fully saturated rings. The van der Waals surface area contributed by atoms with E-state index in [-0.39, 0.29) is 11.2 Å². The number of carbonyl (C=O) groups excluding carboxylic acids is 1. The highest BCUT2D eigenvalue weighted by Crippen LogP contribution is 2.46. The summed E-state index contributed by atoms with van der Waals surface area (Å²) in [6.07, 6.45) is 5.62. The Balaban J connectivity index is 1.74. The molecule has 1 atom stereocenters. The van der Waals surface area contributed by atoms with Crippen LogP contribution in [0.4, 0.5) is 5.69 Å². The molecule has 0 bridgehead atoms. The first-order chi connectivity index (χ1) is 13.4. The Labute approximate surface area is 164 Å². The van der Waals surface area contributed by atoms with Crippen LogP contribution in [0.2, 0.25) is 0 Å². The average Bonchev–Trinajstić information content (AvgIpc) is 3.30. The number of benzene rings is 1. The van der Waals surface area contributed by atoms with Gasteiger partial charge in [0.05, 0.1) is 18.3 Å². The van der Waals surface area contributed by atoms with E-state index >= 15 is 0 Å². The van der Waals surface area contributed by atoms with Gasteiger partial charge in [0.15, 0.2) is 11.4 Å². The van der Waals surface area contributed by atoms with Crippen LogP contribution < -0.4 is 15.6 Å². The maximum absolute atomic E-state index is 12.1. The molecule has 1 amide bonds. The lowest BCUT2D eigenvalue weighted by atomic mass is 9.94. The molecule has 2 heterocycles. The lowest BCUT2D eigenvalue weighted by Crippen LogP contribution is -2.50. The Morgan fingerprint density at radius 3 is 2.75 bits per heavy atom. The van der Waals surface area contributed by atoms with Gasteiger partial charge in [-0.2, -0.15) is 5.10 Å².